The summed E-state index contributed by atoms with van der Waals surface area (Å²) in [7, 11) is 1.86. The Kier molecular flexibility index (Phi) is 6.68. The highest BCUT2D eigenvalue weighted by Crippen LogP contribution is 2.36. The van der Waals surface area contributed by atoms with Crippen molar-refractivity contribution in [3.05, 3.63) is 66.0 Å². The molecular weight excluding hydrogens is 393 g/mol. The highest BCUT2D eigenvalue weighted by Gasteiger charge is 2.28. The molecule has 1 fully saturated rings. The zero-order valence-electron chi connectivity index (χ0n) is 18.2. The normalized spacial score (nSPS) is 14.7. The van der Waals surface area contributed by atoms with Gasteiger partial charge in [-0.2, -0.15) is 5.10 Å². The fraction of sp³-hybridized carbons (Fsp3) is 0.400. The van der Waals surface area contributed by atoms with Crippen LogP contribution in [0, 0.1) is 11.7 Å². The van der Waals surface area contributed by atoms with E-state index in [1.54, 1.807) is 16.8 Å². The lowest BCUT2D eigenvalue weighted by molar-refractivity contribution is 0.102. The zero-order chi connectivity index (χ0) is 21.8. The van der Waals surface area contributed by atoms with Crippen molar-refractivity contribution in [3.63, 3.8) is 0 Å². The van der Waals surface area contributed by atoms with Crippen molar-refractivity contribution in [2.24, 2.45) is 13.0 Å². The monoisotopic (exact) mass is 423 g/mol. The summed E-state index contributed by atoms with van der Waals surface area (Å²) in [6.45, 7) is 4.20. The number of aromatic nitrogens is 2. The summed E-state index contributed by atoms with van der Waals surface area (Å²) in [5.41, 5.74) is 2.86. The topological polar surface area (TPSA) is 50.5 Å². The molecule has 5 nitrogen and oxygen atoms in total. The highest BCUT2D eigenvalue weighted by atomic mass is 19.1. The van der Waals surface area contributed by atoms with Crippen LogP contribution in [0.4, 0.5) is 4.39 Å². The summed E-state index contributed by atoms with van der Waals surface area (Å²) in [5.74, 6) is 1.60. The van der Waals surface area contributed by atoms with Gasteiger partial charge >= 0.3 is 0 Å². The van der Waals surface area contributed by atoms with Gasteiger partial charge in [0, 0.05) is 32.2 Å². The molecule has 1 aromatic heterocycles. The molecule has 0 radical (unpaired) electrons. The van der Waals surface area contributed by atoms with Gasteiger partial charge in [-0.15, -0.1) is 0 Å². The summed E-state index contributed by atoms with van der Waals surface area (Å²) in [4.78, 5) is 2.31. The quantitative estimate of drug-likeness (QED) is 0.499. The first-order valence-corrected chi connectivity index (χ1v) is 11.0. The van der Waals surface area contributed by atoms with Gasteiger partial charge in [-0.25, -0.2) is 9.07 Å². The van der Waals surface area contributed by atoms with E-state index in [0.717, 1.165) is 29.8 Å². The molecule has 0 saturated heterocycles. The molecular formula is C25H30FN3O2. The van der Waals surface area contributed by atoms with Gasteiger partial charge in [0.25, 0.3) is 0 Å². The van der Waals surface area contributed by atoms with E-state index >= 15 is 0 Å². The number of halogens is 1. The van der Waals surface area contributed by atoms with Crippen LogP contribution in [0.25, 0.3) is 11.3 Å². The smallest absolute Gasteiger partial charge is 0.222 e. The van der Waals surface area contributed by atoms with Gasteiger partial charge in [-0.3, -0.25) is 4.90 Å². The molecule has 1 aliphatic carbocycles. The maximum absolute atomic E-state index is 13.4. The van der Waals surface area contributed by atoms with Gasteiger partial charge in [0.1, 0.15) is 17.3 Å². The molecule has 1 N–H and O–H groups in total. The van der Waals surface area contributed by atoms with Crippen molar-refractivity contribution in [1.29, 1.82) is 0 Å². The Bertz CT molecular complexity index is 984. The van der Waals surface area contributed by atoms with Gasteiger partial charge in [0.2, 0.25) is 5.88 Å². The van der Waals surface area contributed by atoms with Gasteiger partial charge in [-0.05, 0) is 49.4 Å². The first kappa shape index (κ1) is 21.5. The van der Waals surface area contributed by atoms with Gasteiger partial charge < -0.3 is 9.84 Å². The molecule has 0 bridgehead atoms. The molecule has 1 atom stereocenters. The van der Waals surface area contributed by atoms with Crippen molar-refractivity contribution < 1.29 is 14.2 Å². The number of nitrogens with zero attached hydrogens (tertiary/aromatic N) is 3. The average Bonchev–Trinajstić information content (AvgIpc) is 3.54. The maximum atomic E-state index is 13.4. The molecule has 0 unspecified atom stereocenters. The molecule has 4 rings (SSSR count). The third-order valence-corrected chi connectivity index (χ3v) is 5.70. The van der Waals surface area contributed by atoms with E-state index in [0.29, 0.717) is 30.6 Å². The summed E-state index contributed by atoms with van der Waals surface area (Å²) < 4.78 is 21.3. The van der Waals surface area contributed by atoms with Crippen LogP contribution >= 0.6 is 0 Å². The molecule has 0 amide bonds. The minimum absolute atomic E-state index is 0.299. The number of ether oxygens (including phenoxy) is 1. The maximum Gasteiger partial charge on any atom is 0.222 e. The molecule has 3 aromatic rings. The van der Waals surface area contributed by atoms with Crippen LogP contribution in [0.5, 0.6) is 11.6 Å². The number of aliphatic hydroxyl groups is 1. The van der Waals surface area contributed by atoms with Crippen LogP contribution in [0.15, 0.2) is 54.6 Å². The van der Waals surface area contributed by atoms with E-state index in [4.69, 9.17) is 9.84 Å². The summed E-state index contributed by atoms with van der Waals surface area (Å²) in [5, 5.41) is 15.1. The molecule has 2 aromatic carbocycles. The van der Waals surface area contributed by atoms with E-state index in [9.17, 15) is 9.50 Å². The van der Waals surface area contributed by atoms with Crippen LogP contribution in [0.3, 0.4) is 0 Å². The number of aliphatic hydroxyl groups excluding tert-OH is 1. The number of hydrogen-bond acceptors (Lipinski definition) is 4. The number of rotatable bonds is 10. The Labute approximate surface area is 183 Å². The minimum atomic E-state index is -0.364. The lowest BCUT2D eigenvalue weighted by Crippen LogP contribution is -2.33. The van der Waals surface area contributed by atoms with Crippen LogP contribution in [0.1, 0.15) is 31.7 Å². The van der Waals surface area contributed by atoms with Crippen molar-refractivity contribution in [1.82, 2.24) is 14.7 Å². The van der Waals surface area contributed by atoms with Crippen LogP contribution in [-0.2, 0) is 13.6 Å². The molecule has 1 aliphatic rings. The molecule has 0 aliphatic heterocycles. The van der Waals surface area contributed by atoms with Gasteiger partial charge in [-0.1, -0.05) is 37.3 Å². The third kappa shape index (κ3) is 5.51. The Morgan fingerprint density at radius 1 is 1.16 bits per heavy atom. The summed E-state index contributed by atoms with van der Waals surface area (Å²) in [6.07, 6.45) is 2.85. The molecule has 31 heavy (non-hydrogen) atoms. The van der Waals surface area contributed by atoms with Crippen molar-refractivity contribution in [3.8, 4) is 22.9 Å². The molecule has 6 heteroatoms. The summed E-state index contributed by atoms with van der Waals surface area (Å²) in [6, 6.07) is 16.1. The third-order valence-electron chi connectivity index (χ3n) is 5.70. The van der Waals surface area contributed by atoms with Gasteiger partial charge in [0.05, 0.1) is 11.7 Å². The van der Waals surface area contributed by atoms with Crippen LogP contribution in [0.2, 0.25) is 0 Å². The zero-order valence-corrected chi connectivity index (χ0v) is 18.2. The standard InChI is InChI=1S/C25H30FN3O2/c1-3-21(30)16-29(15-18-9-10-18)17-23-24(19-7-5-4-6-8-19)27-28(2)25(23)31-22-13-11-20(26)12-14-22/h4-8,11-14,18,21,30H,3,9-10,15-17H2,1-2H3/t21-/m1/s1. The van der Waals surface area contributed by atoms with Crippen LogP contribution in [-0.4, -0.2) is 39.0 Å². The second kappa shape index (κ2) is 9.62. The fourth-order valence-electron chi connectivity index (χ4n) is 3.78. The highest BCUT2D eigenvalue weighted by molar-refractivity contribution is 5.65. The summed E-state index contributed by atoms with van der Waals surface area (Å²) >= 11 is 0. The molecule has 1 saturated carbocycles. The first-order valence-electron chi connectivity index (χ1n) is 11.0. The Hall–Kier alpha value is -2.70. The second-order valence-electron chi connectivity index (χ2n) is 8.38. The Balaban J connectivity index is 1.70. The van der Waals surface area contributed by atoms with E-state index in [-0.39, 0.29) is 11.9 Å². The largest absolute Gasteiger partial charge is 0.439 e. The predicted molar refractivity (Wildman–Crippen MR) is 119 cm³/mol. The van der Waals surface area contributed by atoms with E-state index < -0.39 is 0 Å². The van der Waals surface area contributed by atoms with E-state index in [1.807, 2.05) is 44.3 Å². The Morgan fingerprint density at radius 2 is 1.87 bits per heavy atom. The van der Waals surface area contributed by atoms with Crippen LogP contribution < -0.4 is 4.74 Å². The first-order chi connectivity index (χ1) is 15.0. The van der Waals surface area contributed by atoms with E-state index in [1.165, 1.54) is 25.0 Å². The molecule has 0 spiro atoms. The predicted octanol–water partition coefficient (Wildman–Crippen LogP) is 5.00. The number of hydrogen-bond donors (Lipinski definition) is 1. The van der Waals surface area contributed by atoms with Crippen molar-refractivity contribution in [2.45, 2.75) is 38.8 Å². The lowest BCUT2D eigenvalue weighted by atomic mass is 10.1. The lowest BCUT2D eigenvalue weighted by Gasteiger charge is -2.25. The molecule has 1 heterocycles. The van der Waals surface area contributed by atoms with Crippen molar-refractivity contribution >= 4 is 0 Å². The Morgan fingerprint density at radius 3 is 2.52 bits per heavy atom. The van der Waals surface area contributed by atoms with Crippen molar-refractivity contribution in [2.75, 3.05) is 13.1 Å². The fourth-order valence-corrected chi connectivity index (χ4v) is 3.78. The van der Waals surface area contributed by atoms with E-state index in [2.05, 4.69) is 4.90 Å². The number of benzene rings is 2. The second-order valence-corrected chi connectivity index (χ2v) is 8.38. The SMILES string of the molecule is CC[C@@H](O)CN(Cc1c(-c2ccccc2)nn(C)c1Oc1ccc(F)cc1)CC1CC1. The number of aryl methyl sites for hydroxylation is 1. The average molecular weight is 424 g/mol. The minimum Gasteiger partial charge on any atom is -0.439 e. The van der Waals surface area contributed by atoms with Gasteiger partial charge in [0.15, 0.2) is 0 Å². The molecule has 164 valence electrons.